The summed E-state index contributed by atoms with van der Waals surface area (Å²) in [5.74, 6) is 1.78. The van der Waals surface area contributed by atoms with Gasteiger partial charge < -0.3 is 9.47 Å². The largest absolute Gasteiger partial charge is 0.384 e. The van der Waals surface area contributed by atoms with Crippen molar-refractivity contribution >= 4 is 0 Å². The van der Waals surface area contributed by atoms with Gasteiger partial charge in [-0.15, -0.1) is 0 Å². The minimum absolute atomic E-state index is 0.345. The monoisotopic (exact) mass is 1420 g/mol. The highest BCUT2D eigenvalue weighted by atomic mass is 16.5. The smallest absolute Gasteiger partial charge is 0.0522 e. The van der Waals surface area contributed by atoms with E-state index in [0.29, 0.717) is 59.6 Å². The molecule has 0 aromatic heterocycles. The summed E-state index contributed by atoms with van der Waals surface area (Å²) in [7, 11) is 1.81. The molecule has 9 rings (SSSR count). The maximum absolute atomic E-state index is 5.58. The molecule has 9 aliphatic rings. The molecule has 0 atom stereocenters. The topological polar surface area (TPSA) is 18.5 Å². The molecule has 0 aromatic carbocycles. The van der Waals surface area contributed by atoms with Crippen LogP contribution in [-0.4, -0.2) is 26.9 Å². The standard InChI is InChI=1S/C12H24O.C12H24.C11H22O.4C11H22.2C10H20/c1-5-13-10-11(2,3)12(4)8-6-7-9-12;1-5-11(2,3)12(4)9-7-6-8-10-12;1-10(2,9-12-4)11(3)7-5-6-8-11;1-10(2)9-11(3)7-5-4-6-8-11;1-5-10(2,3)11(4)8-6-7-9-11;1-3-11(2)9-7-5-4-6-8-10-11;1-3-4-8-11(2)9-6-5-7-10-11;1-9(2)8-10(3)6-4-5-7-10;1-3-4-7-10(2)8-5-6-9-10/h5-10H2,1-4H3;5-10H2,1-4H3;5-9H2,1-4H3;10H,4-9H2,1-3H3;5-9H2,1-4H3;2*3-10H2,1-2H3;9H,4-8H2,1-3H3;3-9H2,1-2H3. The fourth-order valence-electron chi connectivity index (χ4n) is 20.9. The molecule has 9 fully saturated rings. The number of hydrogen-bond acceptors (Lipinski definition) is 2. The third kappa shape index (κ3) is 37.0. The van der Waals surface area contributed by atoms with E-state index in [9.17, 15) is 0 Å². The van der Waals surface area contributed by atoms with Crippen molar-refractivity contribution in [1.82, 2.24) is 0 Å². The van der Waals surface area contributed by atoms with Gasteiger partial charge in [0.25, 0.3) is 0 Å². The summed E-state index contributed by atoms with van der Waals surface area (Å²) in [5.41, 5.74) is 7.69. The lowest BCUT2D eigenvalue weighted by atomic mass is 9.59. The molecule has 606 valence electrons. The first-order chi connectivity index (χ1) is 47.1. The van der Waals surface area contributed by atoms with E-state index >= 15 is 0 Å². The van der Waals surface area contributed by atoms with Crippen LogP contribution < -0.4 is 0 Å². The van der Waals surface area contributed by atoms with Crippen molar-refractivity contribution < 1.29 is 9.47 Å². The molecule has 2 heteroatoms. The Bertz CT molecular complexity index is 1950. The Hall–Kier alpha value is -0.0800. The molecule has 0 aromatic rings. The van der Waals surface area contributed by atoms with Crippen LogP contribution >= 0.6 is 0 Å². The van der Waals surface area contributed by atoms with E-state index in [-0.39, 0.29) is 0 Å². The fourth-order valence-corrected chi connectivity index (χ4v) is 20.9. The van der Waals surface area contributed by atoms with Crippen molar-refractivity contribution in [2.75, 3.05) is 26.9 Å². The summed E-state index contributed by atoms with van der Waals surface area (Å²) in [4.78, 5) is 0. The molecule has 9 saturated carbocycles. The summed E-state index contributed by atoms with van der Waals surface area (Å²) in [5, 5.41) is 0. The van der Waals surface area contributed by atoms with Crippen molar-refractivity contribution in [3.8, 4) is 0 Å². The third-order valence-corrected chi connectivity index (χ3v) is 31.8. The average Bonchev–Trinajstić information content (AvgIpc) is 1.80. The second-order valence-corrected chi connectivity index (χ2v) is 43.4. The molecule has 0 aliphatic heterocycles. The molecule has 0 bridgehead atoms. The highest BCUT2D eigenvalue weighted by Crippen LogP contribution is 2.55. The van der Waals surface area contributed by atoms with Gasteiger partial charge in [-0.1, -0.05) is 379 Å². The van der Waals surface area contributed by atoms with Crippen molar-refractivity contribution in [2.24, 2.45) is 82.2 Å². The molecular weight excluding hydrogens is 1220 g/mol. The van der Waals surface area contributed by atoms with Gasteiger partial charge in [0, 0.05) is 13.7 Å². The number of hydrogen-bond donors (Lipinski definition) is 0. The van der Waals surface area contributed by atoms with Crippen LogP contribution in [0, 0.1) is 82.2 Å². The maximum Gasteiger partial charge on any atom is 0.0522 e. The van der Waals surface area contributed by atoms with Gasteiger partial charge in [-0.25, -0.2) is 0 Å². The zero-order chi connectivity index (χ0) is 76.7. The van der Waals surface area contributed by atoms with Crippen molar-refractivity contribution in [2.45, 2.75) is 527 Å². The fraction of sp³-hybridized carbons (Fsp3) is 1.00. The first-order valence-corrected chi connectivity index (χ1v) is 46.2. The number of unbranched alkanes of at least 4 members (excludes halogenated alkanes) is 2. The van der Waals surface area contributed by atoms with E-state index in [0.717, 1.165) is 42.5 Å². The molecule has 0 heterocycles. The zero-order valence-corrected chi connectivity index (χ0v) is 76.1. The lowest BCUT2D eigenvalue weighted by Crippen LogP contribution is -2.36. The van der Waals surface area contributed by atoms with Gasteiger partial charge in [-0.3, -0.25) is 0 Å². The molecule has 0 spiro atoms. The molecule has 0 unspecified atom stereocenters. The Kier molecular flexibility index (Phi) is 47.5. The van der Waals surface area contributed by atoms with Crippen LogP contribution in [0.5, 0.6) is 0 Å². The van der Waals surface area contributed by atoms with Gasteiger partial charge >= 0.3 is 0 Å². The highest BCUT2D eigenvalue weighted by molar-refractivity contribution is 4.96. The van der Waals surface area contributed by atoms with Crippen LogP contribution in [0.1, 0.15) is 527 Å². The van der Waals surface area contributed by atoms with Gasteiger partial charge in [0.15, 0.2) is 0 Å². The predicted octanol–water partition coefficient (Wildman–Crippen LogP) is 34.9. The number of methoxy groups -OCH3 is 1. The van der Waals surface area contributed by atoms with E-state index < -0.39 is 0 Å². The minimum atomic E-state index is 0.345. The summed E-state index contributed by atoms with van der Waals surface area (Å²) < 4.78 is 10.9. The Morgan fingerprint density at radius 3 is 0.743 bits per heavy atom. The average molecular weight is 1420 g/mol. The Labute approximate surface area is 642 Å². The van der Waals surface area contributed by atoms with Gasteiger partial charge in [0.05, 0.1) is 13.2 Å². The Morgan fingerprint density at radius 2 is 0.495 bits per heavy atom. The summed E-state index contributed by atoms with van der Waals surface area (Å²) in [6.07, 6.45) is 76.8. The number of ether oxygens (including phenoxy) is 2. The lowest BCUT2D eigenvalue weighted by Gasteiger charge is -2.46. The van der Waals surface area contributed by atoms with Crippen LogP contribution in [0.4, 0.5) is 0 Å². The third-order valence-electron chi connectivity index (χ3n) is 31.8. The molecule has 0 amide bonds. The van der Waals surface area contributed by atoms with Gasteiger partial charge in [-0.05, 0) is 230 Å². The summed E-state index contributed by atoms with van der Waals surface area (Å²) >= 11 is 0. The van der Waals surface area contributed by atoms with Crippen molar-refractivity contribution in [3.05, 3.63) is 0 Å². The van der Waals surface area contributed by atoms with E-state index in [1.165, 1.54) is 340 Å². The van der Waals surface area contributed by atoms with Crippen LogP contribution in [0.15, 0.2) is 0 Å². The van der Waals surface area contributed by atoms with E-state index in [2.05, 4.69) is 187 Å². The molecule has 2 nitrogen and oxygen atoms in total. The van der Waals surface area contributed by atoms with Crippen molar-refractivity contribution in [3.63, 3.8) is 0 Å². The summed E-state index contributed by atoms with van der Waals surface area (Å²) in [6.45, 7) is 67.0. The summed E-state index contributed by atoms with van der Waals surface area (Å²) in [6, 6.07) is 0. The van der Waals surface area contributed by atoms with Crippen LogP contribution in [0.3, 0.4) is 0 Å². The molecule has 0 saturated heterocycles. The molecule has 0 N–H and O–H groups in total. The van der Waals surface area contributed by atoms with Gasteiger partial charge in [-0.2, -0.15) is 0 Å². The second kappa shape index (κ2) is 48.5. The highest BCUT2D eigenvalue weighted by Gasteiger charge is 2.45. The SMILES string of the molecule is CC(C)CC1(C)CCCC1.CC(C)CC1(C)CCCCC1.CCC(C)(C)C1(C)CCCC1.CCC(C)(C)C1(C)CCCCC1.CCC1(C)CCCCCCC1.CCCCC1(C)CCCC1.CCCCC1(C)CCCCC1.CCOCC(C)(C)C1(C)CCCC1.COCC(C)(C)C1(C)CCCC1. The number of rotatable bonds is 22. The van der Waals surface area contributed by atoms with Crippen molar-refractivity contribution in [1.29, 1.82) is 0 Å². The maximum atomic E-state index is 5.58. The van der Waals surface area contributed by atoms with Gasteiger partial charge in [0.2, 0.25) is 0 Å². The Morgan fingerprint density at radius 1 is 0.277 bits per heavy atom. The molecular formula is C99H198O2. The molecule has 0 radical (unpaired) electrons. The first-order valence-electron chi connectivity index (χ1n) is 46.2. The lowest BCUT2D eigenvalue weighted by molar-refractivity contribution is -0.0106. The van der Waals surface area contributed by atoms with Crippen LogP contribution in [-0.2, 0) is 9.47 Å². The second-order valence-electron chi connectivity index (χ2n) is 43.4. The minimum Gasteiger partial charge on any atom is -0.384 e. The van der Waals surface area contributed by atoms with Gasteiger partial charge in [0.1, 0.15) is 0 Å². The quantitative estimate of drug-likeness (QED) is 0.108. The zero-order valence-electron chi connectivity index (χ0n) is 76.1. The normalized spacial score (nSPS) is 23.7. The van der Waals surface area contributed by atoms with Crippen LogP contribution in [0.2, 0.25) is 0 Å². The first kappa shape index (κ1) is 98.9. The predicted molar refractivity (Wildman–Crippen MR) is 459 cm³/mol. The Balaban J connectivity index is 0.000000569. The van der Waals surface area contributed by atoms with E-state index in [1.807, 2.05) is 0 Å². The van der Waals surface area contributed by atoms with Crippen LogP contribution in [0.25, 0.3) is 0 Å². The molecule has 9 aliphatic carbocycles. The van der Waals surface area contributed by atoms with E-state index in [1.54, 1.807) is 7.11 Å². The molecule has 101 heavy (non-hydrogen) atoms. The van der Waals surface area contributed by atoms with E-state index in [4.69, 9.17) is 9.47 Å².